The van der Waals surface area contributed by atoms with Crippen molar-refractivity contribution in [2.45, 2.75) is 0 Å². The minimum atomic E-state index is -0.312. The molecule has 0 saturated carbocycles. The van der Waals surface area contributed by atoms with Crippen molar-refractivity contribution in [2.75, 3.05) is 0 Å². The van der Waals surface area contributed by atoms with Crippen LogP contribution in [-0.4, -0.2) is 24.1 Å². The zero-order chi connectivity index (χ0) is 46.7. The summed E-state index contributed by atoms with van der Waals surface area (Å²) in [6, 6.07) is 57.5. The number of thiophene rings is 1. The van der Waals surface area contributed by atoms with E-state index >= 15 is 0 Å². The van der Waals surface area contributed by atoms with Crippen LogP contribution >= 0.6 is 11.3 Å². The maximum absolute atomic E-state index is 9.72. The van der Waals surface area contributed by atoms with Crippen LogP contribution in [0.4, 0.5) is 0 Å². The van der Waals surface area contributed by atoms with Crippen molar-refractivity contribution in [3.63, 3.8) is 0 Å². The number of aromatic nitrogens is 5. The van der Waals surface area contributed by atoms with Crippen molar-refractivity contribution >= 4 is 75.1 Å². The second kappa shape index (κ2) is 14.2. The molecule has 4 heterocycles. The Hall–Kier alpha value is -8.19. The maximum Gasteiger partial charge on any atom is 0.166 e. The van der Waals surface area contributed by atoms with Gasteiger partial charge in [-0.1, -0.05) is 164 Å². The summed E-state index contributed by atoms with van der Waals surface area (Å²) >= 11 is 1.22. The lowest BCUT2D eigenvalue weighted by Crippen LogP contribution is -2.05. The third-order valence-corrected chi connectivity index (χ3v) is 13.1. The van der Waals surface area contributed by atoms with Crippen LogP contribution in [0.15, 0.2) is 212 Å². The van der Waals surface area contributed by atoms with Gasteiger partial charge in [0.1, 0.15) is 0 Å². The maximum atomic E-state index is 9.72. The molecule has 0 atom stereocenters. The van der Waals surface area contributed by atoms with Crippen molar-refractivity contribution in [3.05, 3.63) is 212 Å². The fourth-order valence-electron chi connectivity index (χ4n) is 9.27. The highest BCUT2D eigenvalue weighted by Gasteiger charge is 2.25. The number of para-hydroxylation sites is 6. The molecule has 0 amide bonds. The van der Waals surface area contributed by atoms with Gasteiger partial charge in [-0.05, 0) is 48.5 Å². The van der Waals surface area contributed by atoms with Crippen molar-refractivity contribution in [1.29, 1.82) is 0 Å². The molecule has 0 N–H and O–H groups in total. The lowest BCUT2D eigenvalue weighted by atomic mass is 9.97. The van der Waals surface area contributed by atoms with E-state index in [1.807, 2.05) is 97.1 Å². The zero-order valence-corrected chi connectivity index (χ0v) is 34.2. The summed E-state index contributed by atoms with van der Waals surface area (Å²) in [5.41, 5.74) is 8.60. The first-order valence-electron chi connectivity index (χ1n) is 23.7. The Morgan fingerprint density at radius 3 is 1.68 bits per heavy atom. The molecule has 13 aromatic rings. The van der Waals surface area contributed by atoms with Crippen LogP contribution in [0, 0.1) is 0 Å². The first-order chi connectivity index (χ1) is 33.8. The fourth-order valence-corrected chi connectivity index (χ4v) is 10.4. The molecule has 0 saturated heterocycles. The molecule has 0 bridgehead atoms. The molecule has 13 rings (SSSR count). The Kier molecular flexibility index (Phi) is 6.75. The van der Waals surface area contributed by atoms with Crippen molar-refractivity contribution in [2.24, 2.45) is 0 Å². The van der Waals surface area contributed by atoms with Crippen LogP contribution in [0.25, 0.3) is 120 Å². The Morgan fingerprint density at radius 2 is 0.937 bits per heavy atom. The van der Waals surface area contributed by atoms with Gasteiger partial charge < -0.3 is 9.13 Å². The van der Waals surface area contributed by atoms with Gasteiger partial charge in [0, 0.05) is 75.2 Å². The Morgan fingerprint density at radius 1 is 0.381 bits per heavy atom. The lowest BCUT2D eigenvalue weighted by Gasteiger charge is -2.19. The van der Waals surface area contributed by atoms with Crippen molar-refractivity contribution < 1.29 is 8.22 Å². The van der Waals surface area contributed by atoms with E-state index < -0.39 is 0 Å². The van der Waals surface area contributed by atoms with Gasteiger partial charge in [-0.3, -0.25) is 0 Å². The van der Waals surface area contributed by atoms with E-state index in [-0.39, 0.29) is 47.0 Å². The summed E-state index contributed by atoms with van der Waals surface area (Å²) in [6.45, 7) is 0. The molecule has 0 fully saturated rings. The number of hydrogen-bond acceptors (Lipinski definition) is 4. The topological polar surface area (TPSA) is 48.5 Å². The van der Waals surface area contributed by atoms with Gasteiger partial charge in [-0.25, -0.2) is 15.0 Å². The highest BCUT2D eigenvalue weighted by atomic mass is 32.1. The second-order valence-corrected chi connectivity index (χ2v) is 16.5. The summed E-state index contributed by atoms with van der Waals surface area (Å²) < 4.78 is 60.1. The van der Waals surface area contributed by atoms with E-state index in [0.29, 0.717) is 49.3 Å². The van der Waals surface area contributed by atoms with E-state index in [0.717, 1.165) is 60.4 Å². The molecule has 0 spiro atoms. The molecule has 5 nitrogen and oxygen atoms in total. The SMILES string of the molecule is [2H]c1cc([2H])c2sc3c(-c4cccc(-c5nc(-c6ccccc6)nc(-c6cccc7c8ccccc8n(-c8ccccc8)c67)n5)c4-n4c5ccccc5c5ccccc54)c([2H])c([2H])c([2H])c3c2c1[2H]. The summed E-state index contributed by atoms with van der Waals surface area (Å²) in [7, 11) is 0. The van der Waals surface area contributed by atoms with Crippen LogP contribution in [0.3, 0.4) is 0 Å². The van der Waals surface area contributed by atoms with Gasteiger partial charge >= 0.3 is 0 Å². The molecule has 0 aliphatic heterocycles. The molecule has 294 valence electrons. The monoisotopic (exact) mass is 827 g/mol. The van der Waals surface area contributed by atoms with Crippen LogP contribution in [0.1, 0.15) is 8.22 Å². The van der Waals surface area contributed by atoms with E-state index in [4.69, 9.17) is 19.1 Å². The number of fused-ring (bicyclic) bond motifs is 9. The first kappa shape index (κ1) is 29.9. The van der Waals surface area contributed by atoms with Gasteiger partial charge in [0.05, 0.1) is 36.0 Å². The van der Waals surface area contributed by atoms with Crippen LogP contribution in [-0.2, 0) is 0 Å². The molecule has 6 heteroatoms. The van der Waals surface area contributed by atoms with Gasteiger partial charge in [0.15, 0.2) is 17.5 Å². The lowest BCUT2D eigenvalue weighted by molar-refractivity contribution is 1.06. The Balaban J connectivity index is 1.19. The molecule has 63 heavy (non-hydrogen) atoms. The third kappa shape index (κ3) is 5.52. The second-order valence-electron chi connectivity index (χ2n) is 15.5. The summed E-state index contributed by atoms with van der Waals surface area (Å²) in [5, 5.41) is 4.73. The fraction of sp³-hybridized carbons (Fsp3) is 0. The smallest absolute Gasteiger partial charge is 0.166 e. The summed E-state index contributed by atoms with van der Waals surface area (Å²) in [5.74, 6) is 1.30. The molecule has 0 aliphatic carbocycles. The van der Waals surface area contributed by atoms with Crippen LogP contribution in [0.5, 0.6) is 0 Å². The average Bonchev–Trinajstić information content (AvgIpc) is 4.07. The first-order valence-corrected chi connectivity index (χ1v) is 21.5. The van der Waals surface area contributed by atoms with Crippen molar-refractivity contribution in [3.8, 4) is 56.7 Å². The molecule has 0 aliphatic rings. The van der Waals surface area contributed by atoms with Gasteiger partial charge in [-0.2, -0.15) is 0 Å². The van der Waals surface area contributed by atoms with Crippen molar-refractivity contribution in [1.82, 2.24) is 24.1 Å². The van der Waals surface area contributed by atoms with E-state index in [9.17, 15) is 4.11 Å². The predicted octanol–water partition coefficient (Wildman–Crippen LogP) is 15.1. The molecular weight excluding hydrogens is 787 g/mol. The largest absolute Gasteiger partial charge is 0.309 e. The summed E-state index contributed by atoms with van der Waals surface area (Å²) in [6.07, 6.45) is 0. The minimum Gasteiger partial charge on any atom is -0.309 e. The quantitative estimate of drug-likeness (QED) is 0.168. The van der Waals surface area contributed by atoms with E-state index in [2.05, 4.69) is 81.9 Å². The van der Waals surface area contributed by atoms with Gasteiger partial charge in [-0.15, -0.1) is 11.3 Å². The minimum absolute atomic E-state index is 0.0551. The number of hydrogen-bond donors (Lipinski definition) is 0. The van der Waals surface area contributed by atoms with Crippen LogP contribution in [0.2, 0.25) is 0 Å². The highest BCUT2D eigenvalue weighted by Crippen LogP contribution is 2.46. The molecule has 9 aromatic carbocycles. The van der Waals surface area contributed by atoms with E-state index in [1.54, 1.807) is 0 Å². The third-order valence-electron chi connectivity index (χ3n) is 12.0. The zero-order valence-electron chi connectivity index (χ0n) is 39.4. The number of rotatable bonds is 6. The van der Waals surface area contributed by atoms with Crippen LogP contribution < -0.4 is 0 Å². The van der Waals surface area contributed by atoms with Gasteiger partial charge in [0.2, 0.25) is 0 Å². The Labute approximate surface area is 374 Å². The predicted molar refractivity (Wildman–Crippen MR) is 263 cm³/mol. The average molecular weight is 828 g/mol. The normalized spacial score (nSPS) is 13.1. The summed E-state index contributed by atoms with van der Waals surface area (Å²) in [4.78, 5) is 16.1. The standard InChI is InChI=1S/C57H35N5S/c1-3-18-36(19-4-1)55-58-56(46-30-15-26-42-40-24-9-11-32-48(40)61(52(42)46)37-20-5-2-6-21-37)60-57(59-55)47-31-16-27-43(45-29-17-28-44-41-25-10-14-35-51(41)63-54(44)45)53(47)62-49-33-12-7-22-38(49)39-23-8-13-34-50(39)62/h1-35H/i10D,17D,25D,28D,29D,35D. The molecular formula is C57H35N5S. The molecule has 0 unspecified atom stereocenters. The molecule has 4 aromatic heterocycles. The Bertz CT molecular complexity index is 4220. The molecule has 0 radical (unpaired) electrons. The highest BCUT2D eigenvalue weighted by molar-refractivity contribution is 7.26. The number of nitrogens with zero attached hydrogens (tertiary/aromatic N) is 5. The van der Waals surface area contributed by atoms with Gasteiger partial charge in [0.25, 0.3) is 0 Å². The van der Waals surface area contributed by atoms with E-state index in [1.165, 1.54) is 17.4 Å². The number of benzene rings is 9.